The summed E-state index contributed by atoms with van der Waals surface area (Å²) in [5, 5.41) is 5.88. The quantitative estimate of drug-likeness (QED) is 0.364. The number of imide groups is 1. The number of esters is 1. The smallest absolute Gasteiger partial charge is 0.337 e. The van der Waals surface area contributed by atoms with Crippen LogP contribution in [0.15, 0.2) is 83.5 Å². The fourth-order valence-corrected chi connectivity index (χ4v) is 3.63. The number of anilines is 3. The fourth-order valence-electron chi connectivity index (χ4n) is 3.30. The molecule has 1 heterocycles. The van der Waals surface area contributed by atoms with Crippen molar-refractivity contribution < 1.29 is 23.9 Å². The number of carbonyl (C=O) groups is 4. The van der Waals surface area contributed by atoms with Gasteiger partial charge in [-0.15, -0.1) is 0 Å². The first-order chi connectivity index (χ1) is 16.8. The number of nitrogens with zero attached hydrogens (tertiary/aromatic N) is 1. The SMILES string of the molecule is COC(=O)c1ccc(N2C(=O)C(Cl)=C(Nc3ccc(C(=O)Nc4ccc(Cl)cc4)cc3)C2=O)cc1. The first kappa shape index (κ1) is 24.0. The Kier molecular flexibility index (Phi) is 6.86. The van der Waals surface area contributed by atoms with Crippen LogP contribution in [0.5, 0.6) is 0 Å². The number of benzene rings is 3. The predicted molar refractivity (Wildman–Crippen MR) is 133 cm³/mol. The number of carbonyl (C=O) groups excluding carboxylic acids is 4. The first-order valence-corrected chi connectivity index (χ1v) is 10.9. The van der Waals surface area contributed by atoms with Crippen molar-refractivity contribution in [3.05, 3.63) is 99.7 Å². The van der Waals surface area contributed by atoms with Gasteiger partial charge in [0.1, 0.15) is 10.7 Å². The Labute approximate surface area is 210 Å². The first-order valence-electron chi connectivity index (χ1n) is 10.2. The van der Waals surface area contributed by atoms with E-state index in [9.17, 15) is 19.2 Å². The Morgan fingerprint density at radius 1 is 0.771 bits per heavy atom. The van der Waals surface area contributed by atoms with Crippen LogP contribution in [-0.2, 0) is 14.3 Å². The summed E-state index contributed by atoms with van der Waals surface area (Å²) in [5.41, 5.74) is 1.84. The van der Waals surface area contributed by atoms with E-state index in [4.69, 9.17) is 23.2 Å². The van der Waals surface area contributed by atoms with E-state index in [1.54, 1.807) is 48.5 Å². The fraction of sp³-hybridized carbons (Fsp3) is 0.0400. The highest BCUT2D eigenvalue weighted by atomic mass is 35.5. The molecule has 1 aliphatic rings. The van der Waals surface area contributed by atoms with E-state index >= 15 is 0 Å². The number of nitrogens with one attached hydrogen (secondary N) is 2. The molecular weight excluding hydrogens is 493 g/mol. The lowest BCUT2D eigenvalue weighted by atomic mass is 10.2. The van der Waals surface area contributed by atoms with Gasteiger partial charge in [0.15, 0.2) is 0 Å². The molecule has 35 heavy (non-hydrogen) atoms. The molecule has 0 aliphatic carbocycles. The zero-order valence-corrected chi connectivity index (χ0v) is 19.7. The van der Waals surface area contributed by atoms with Gasteiger partial charge in [0, 0.05) is 22.0 Å². The number of halogens is 2. The second kappa shape index (κ2) is 10.0. The molecule has 3 amide bonds. The molecule has 0 atom stereocenters. The highest BCUT2D eigenvalue weighted by Crippen LogP contribution is 2.30. The van der Waals surface area contributed by atoms with Crippen molar-refractivity contribution in [2.45, 2.75) is 0 Å². The molecule has 3 aromatic carbocycles. The van der Waals surface area contributed by atoms with E-state index in [1.165, 1.54) is 31.4 Å². The molecule has 8 nitrogen and oxygen atoms in total. The minimum atomic E-state index is -0.705. The van der Waals surface area contributed by atoms with Crippen LogP contribution in [0.25, 0.3) is 0 Å². The Balaban J connectivity index is 1.46. The van der Waals surface area contributed by atoms with Crippen molar-refractivity contribution in [2.75, 3.05) is 22.6 Å². The number of methoxy groups -OCH3 is 1. The molecule has 0 saturated carbocycles. The molecule has 0 spiro atoms. The van der Waals surface area contributed by atoms with Crippen LogP contribution in [0.4, 0.5) is 17.1 Å². The van der Waals surface area contributed by atoms with Gasteiger partial charge in [-0.05, 0) is 72.8 Å². The van der Waals surface area contributed by atoms with E-state index in [1.807, 2.05) is 0 Å². The topological polar surface area (TPSA) is 105 Å². The van der Waals surface area contributed by atoms with Gasteiger partial charge in [0.25, 0.3) is 17.7 Å². The Hall–Kier alpha value is -4.14. The monoisotopic (exact) mass is 509 g/mol. The standard InChI is InChI=1S/C25H17Cl2N3O5/c1-35-25(34)15-4-12-19(13-5-15)30-23(32)20(27)21(24(30)33)28-17-8-2-14(3-9-17)22(31)29-18-10-6-16(26)7-11-18/h2-13,28H,1H3,(H,29,31). The Bertz CT molecular complexity index is 1350. The molecular formula is C25H17Cl2N3O5. The van der Waals surface area contributed by atoms with Crippen molar-refractivity contribution in [1.29, 1.82) is 0 Å². The largest absolute Gasteiger partial charge is 0.465 e. The van der Waals surface area contributed by atoms with Crippen LogP contribution in [0, 0.1) is 0 Å². The average molecular weight is 510 g/mol. The average Bonchev–Trinajstić information content (AvgIpc) is 3.08. The highest BCUT2D eigenvalue weighted by Gasteiger charge is 2.39. The predicted octanol–water partition coefficient (Wildman–Crippen LogP) is 4.81. The van der Waals surface area contributed by atoms with Crippen LogP contribution in [0.3, 0.4) is 0 Å². The van der Waals surface area contributed by atoms with Crippen LogP contribution in [0.2, 0.25) is 5.02 Å². The number of amides is 3. The lowest BCUT2D eigenvalue weighted by Crippen LogP contribution is -2.32. The van der Waals surface area contributed by atoms with Gasteiger partial charge in [-0.1, -0.05) is 23.2 Å². The maximum Gasteiger partial charge on any atom is 0.337 e. The van der Waals surface area contributed by atoms with E-state index in [0.717, 1.165) is 4.90 Å². The van der Waals surface area contributed by atoms with Crippen molar-refractivity contribution in [1.82, 2.24) is 0 Å². The lowest BCUT2D eigenvalue weighted by Gasteiger charge is -2.15. The number of hydrogen-bond donors (Lipinski definition) is 2. The second-order valence-electron chi connectivity index (χ2n) is 7.34. The van der Waals surface area contributed by atoms with Crippen molar-refractivity contribution >= 4 is 64.0 Å². The molecule has 0 fully saturated rings. The number of rotatable bonds is 6. The normalized spacial score (nSPS) is 13.2. The van der Waals surface area contributed by atoms with Gasteiger partial charge in [-0.25, -0.2) is 9.69 Å². The molecule has 2 N–H and O–H groups in total. The van der Waals surface area contributed by atoms with Gasteiger partial charge in [0.05, 0.1) is 18.4 Å². The van der Waals surface area contributed by atoms with Crippen LogP contribution >= 0.6 is 23.2 Å². The van der Waals surface area contributed by atoms with E-state index in [-0.39, 0.29) is 27.9 Å². The minimum absolute atomic E-state index is 0.105. The summed E-state index contributed by atoms with van der Waals surface area (Å²) in [7, 11) is 1.25. The highest BCUT2D eigenvalue weighted by molar-refractivity contribution is 6.53. The summed E-state index contributed by atoms with van der Waals surface area (Å²) < 4.78 is 4.65. The summed E-state index contributed by atoms with van der Waals surface area (Å²) in [4.78, 5) is 50.6. The van der Waals surface area contributed by atoms with Crippen molar-refractivity contribution in [2.24, 2.45) is 0 Å². The summed E-state index contributed by atoms with van der Waals surface area (Å²) in [6.45, 7) is 0. The van der Waals surface area contributed by atoms with Crippen LogP contribution < -0.4 is 15.5 Å². The minimum Gasteiger partial charge on any atom is -0.465 e. The zero-order chi connectivity index (χ0) is 25.1. The third-order valence-electron chi connectivity index (χ3n) is 5.09. The third-order valence-corrected chi connectivity index (χ3v) is 5.70. The van der Waals surface area contributed by atoms with Gasteiger partial charge in [-0.3, -0.25) is 14.4 Å². The Morgan fingerprint density at radius 2 is 1.34 bits per heavy atom. The zero-order valence-electron chi connectivity index (χ0n) is 18.2. The molecule has 4 rings (SSSR count). The second-order valence-corrected chi connectivity index (χ2v) is 8.15. The maximum absolute atomic E-state index is 12.9. The van der Waals surface area contributed by atoms with E-state index in [2.05, 4.69) is 15.4 Å². The summed E-state index contributed by atoms with van der Waals surface area (Å²) in [6, 6.07) is 18.8. The summed E-state index contributed by atoms with van der Waals surface area (Å²) in [6.07, 6.45) is 0. The van der Waals surface area contributed by atoms with Gasteiger partial charge in [0.2, 0.25) is 0 Å². The molecule has 10 heteroatoms. The summed E-state index contributed by atoms with van der Waals surface area (Å²) >= 11 is 12.0. The van der Waals surface area contributed by atoms with Gasteiger partial charge in [-0.2, -0.15) is 0 Å². The van der Waals surface area contributed by atoms with E-state index in [0.29, 0.717) is 22.0 Å². The number of ether oxygens (including phenoxy) is 1. The maximum atomic E-state index is 12.9. The molecule has 3 aromatic rings. The third kappa shape index (κ3) is 5.03. The molecule has 176 valence electrons. The van der Waals surface area contributed by atoms with Gasteiger partial charge < -0.3 is 15.4 Å². The van der Waals surface area contributed by atoms with Crippen molar-refractivity contribution in [3.8, 4) is 0 Å². The lowest BCUT2D eigenvalue weighted by molar-refractivity contribution is -0.120. The molecule has 0 radical (unpaired) electrons. The van der Waals surface area contributed by atoms with Crippen LogP contribution in [-0.4, -0.2) is 30.8 Å². The van der Waals surface area contributed by atoms with Gasteiger partial charge >= 0.3 is 5.97 Å². The molecule has 0 bridgehead atoms. The molecule has 1 aliphatic heterocycles. The van der Waals surface area contributed by atoms with E-state index < -0.39 is 17.8 Å². The van der Waals surface area contributed by atoms with Crippen molar-refractivity contribution in [3.63, 3.8) is 0 Å². The molecule has 0 aromatic heterocycles. The Morgan fingerprint density at radius 3 is 1.94 bits per heavy atom. The number of hydrogen-bond acceptors (Lipinski definition) is 6. The van der Waals surface area contributed by atoms with Crippen LogP contribution in [0.1, 0.15) is 20.7 Å². The molecule has 0 saturated heterocycles. The molecule has 0 unspecified atom stereocenters. The summed E-state index contributed by atoms with van der Waals surface area (Å²) in [5.74, 6) is -2.23.